The number of hydrogen-bond acceptors (Lipinski definition) is 3. The fourth-order valence-corrected chi connectivity index (χ4v) is 2.70. The molecule has 0 aliphatic heterocycles. The Morgan fingerprint density at radius 1 is 1.14 bits per heavy atom. The Kier molecular flexibility index (Phi) is 5.38. The standard InChI is InChI=1S/C17H17BrN2O/c1-20(11-13-4-3-5-16(18)9-13)12-14-6-7-17(21-2)15(8-14)10-19/h3-9H,11-12H2,1-2H3. The van der Waals surface area contributed by atoms with Gasteiger partial charge in [-0.05, 0) is 42.4 Å². The van der Waals surface area contributed by atoms with Crippen LogP contribution >= 0.6 is 15.9 Å². The molecule has 2 aromatic rings. The van der Waals surface area contributed by atoms with E-state index in [9.17, 15) is 0 Å². The van der Waals surface area contributed by atoms with Crippen molar-refractivity contribution in [2.45, 2.75) is 13.1 Å². The second-order valence-corrected chi connectivity index (χ2v) is 5.86. The lowest BCUT2D eigenvalue weighted by atomic mass is 10.1. The second kappa shape index (κ2) is 7.26. The fourth-order valence-electron chi connectivity index (χ4n) is 2.26. The third-order valence-corrected chi connectivity index (χ3v) is 3.67. The summed E-state index contributed by atoms with van der Waals surface area (Å²) in [4.78, 5) is 2.21. The van der Waals surface area contributed by atoms with Crippen molar-refractivity contribution >= 4 is 15.9 Å². The summed E-state index contributed by atoms with van der Waals surface area (Å²) in [7, 11) is 3.65. The van der Waals surface area contributed by atoms with Crippen LogP contribution in [-0.2, 0) is 13.1 Å². The quantitative estimate of drug-likeness (QED) is 0.823. The van der Waals surface area contributed by atoms with Gasteiger partial charge in [0.2, 0.25) is 0 Å². The summed E-state index contributed by atoms with van der Waals surface area (Å²) in [5.41, 5.74) is 2.93. The molecule has 0 fully saturated rings. The zero-order chi connectivity index (χ0) is 15.2. The first kappa shape index (κ1) is 15.6. The van der Waals surface area contributed by atoms with Gasteiger partial charge in [-0.25, -0.2) is 0 Å². The van der Waals surface area contributed by atoms with E-state index in [0.717, 1.165) is 23.1 Å². The van der Waals surface area contributed by atoms with Crippen molar-refractivity contribution in [3.63, 3.8) is 0 Å². The number of nitrogens with zero attached hydrogens (tertiary/aromatic N) is 2. The van der Waals surface area contributed by atoms with Crippen molar-refractivity contribution in [3.05, 3.63) is 63.6 Å². The maximum atomic E-state index is 9.13. The zero-order valence-electron chi connectivity index (χ0n) is 12.1. The number of nitriles is 1. The second-order valence-electron chi connectivity index (χ2n) is 4.95. The minimum atomic E-state index is 0.575. The molecule has 0 heterocycles. The molecule has 0 aliphatic rings. The van der Waals surface area contributed by atoms with Crippen LogP contribution in [0.4, 0.5) is 0 Å². The molecule has 0 atom stereocenters. The lowest BCUT2D eigenvalue weighted by molar-refractivity contribution is 0.318. The Morgan fingerprint density at radius 3 is 2.48 bits per heavy atom. The van der Waals surface area contributed by atoms with Gasteiger partial charge in [-0.2, -0.15) is 5.26 Å². The Balaban J connectivity index is 2.06. The summed E-state index contributed by atoms with van der Waals surface area (Å²) in [6.07, 6.45) is 0. The Morgan fingerprint density at radius 2 is 1.86 bits per heavy atom. The fraction of sp³-hybridized carbons (Fsp3) is 0.235. The maximum absolute atomic E-state index is 9.13. The SMILES string of the molecule is COc1ccc(CN(C)Cc2cccc(Br)c2)cc1C#N. The van der Waals surface area contributed by atoms with Crippen LogP contribution in [0.15, 0.2) is 46.9 Å². The van der Waals surface area contributed by atoms with E-state index in [2.05, 4.69) is 46.1 Å². The third kappa shape index (κ3) is 4.32. The molecule has 0 spiro atoms. The summed E-state index contributed by atoms with van der Waals surface area (Å²) >= 11 is 3.49. The molecule has 2 aromatic carbocycles. The first-order chi connectivity index (χ1) is 10.1. The number of methoxy groups -OCH3 is 1. The van der Waals surface area contributed by atoms with Gasteiger partial charge in [-0.15, -0.1) is 0 Å². The highest BCUT2D eigenvalue weighted by atomic mass is 79.9. The lowest BCUT2D eigenvalue weighted by Gasteiger charge is -2.17. The highest BCUT2D eigenvalue weighted by Crippen LogP contribution is 2.20. The number of hydrogen-bond donors (Lipinski definition) is 0. The van der Waals surface area contributed by atoms with Gasteiger partial charge in [-0.1, -0.05) is 34.1 Å². The Bertz CT molecular complexity index is 664. The molecule has 4 heteroatoms. The van der Waals surface area contributed by atoms with E-state index in [-0.39, 0.29) is 0 Å². The van der Waals surface area contributed by atoms with Crippen LogP contribution in [0.5, 0.6) is 5.75 Å². The van der Waals surface area contributed by atoms with E-state index in [4.69, 9.17) is 10.00 Å². The van der Waals surface area contributed by atoms with Crippen LogP contribution in [0.25, 0.3) is 0 Å². The van der Waals surface area contributed by atoms with Gasteiger partial charge in [0.25, 0.3) is 0 Å². The van der Waals surface area contributed by atoms with Crippen molar-refractivity contribution in [1.82, 2.24) is 4.90 Å². The molecular weight excluding hydrogens is 328 g/mol. The average molecular weight is 345 g/mol. The molecule has 0 aromatic heterocycles. The van der Waals surface area contributed by atoms with Crippen LogP contribution in [0.2, 0.25) is 0 Å². The van der Waals surface area contributed by atoms with E-state index in [0.29, 0.717) is 11.3 Å². The summed E-state index contributed by atoms with van der Waals surface area (Å²) in [6, 6.07) is 16.2. The molecular formula is C17H17BrN2O. The molecule has 2 rings (SSSR count). The third-order valence-electron chi connectivity index (χ3n) is 3.18. The van der Waals surface area contributed by atoms with Crippen molar-refractivity contribution in [1.29, 1.82) is 5.26 Å². The largest absolute Gasteiger partial charge is 0.495 e. The smallest absolute Gasteiger partial charge is 0.136 e. The lowest BCUT2D eigenvalue weighted by Crippen LogP contribution is -2.17. The molecule has 0 unspecified atom stereocenters. The van der Waals surface area contributed by atoms with Crippen molar-refractivity contribution in [3.8, 4) is 11.8 Å². The van der Waals surface area contributed by atoms with Gasteiger partial charge in [-0.3, -0.25) is 4.90 Å². The monoisotopic (exact) mass is 344 g/mol. The number of halogens is 1. The van der Waals surface area contributed by atoms with Crippen LogP contribution < -0.4 is 4.74 Å². The summed E-state index contributed by atoms with van der Waals surface area (Å²) in [6.45, 7) is 1.64. The van der Waals surface area contributed by atoms with Crippen molar-refractivity contribution < 1.29 is 4.74 Å². The molecule has 0 N–H and O–H groups in total. The minimum absolute atomic E-state index is 0.575. The van der Waals surface area contributed by atoms with Gasteiger partial charge in [0.05, 0.1) is 12.7 Å². The molecule has 21 heavy (non-hydrogen) atoms. The normalized spacial score (nSPS) is 10.4. The zero-order valence-corrected chi connectivity index (χ0v) is 13.7. The number of benzene rings is 2. The molecule has 0 saturated carbocycles. The van der Waals surface area contributed by atoms with Crippen LogP contribution in [0, 0.1) is 11.3 Å². The van der Waals surface area contributed by atoms with Gasteiger partial charge in [0, 0.05) is 17.6 Å². The van der Waals surface area contributed by atoms with E-state index in [1.54, 1.807) is 7.11 Å². The molecule has 0 radical (unpaired) electrons. The Labute approximate surface area is 133 Å². The average Bonchev–Trinajstić information content (AvgIpc) is 2.47. The minimum Gasteiger partial charge on any atom is -0.495 e. The summed E-state index contributed by atoms with van der Waals surface area (Å²) in [5, 5.41) is 9.13. The first-order valence-electron chi connectivity index (χ1n) is 6.62. The van der Waals surface area contributed by atoms with Crippen LogP contribution in [0.3, 0.4) is 0 Å². The van der Waals surface area contributed by atoms with E-state index in [1.807, 2.05) is 30.3 Å². The first-order valence-corrected chi connectivity index (χ1v) is 7.41. The Hall–Kier alpha value is -1.83. The predicted molar refractivity (Wildman–Crippen MR) is 87.0 cm³/mol. The number of rotatable bonds is 5. The summed E-state index contributed by atoms with van der Waals surface area (Å²) in [5.74, 6) is 0.621. The highest BCUT2D eigenvalue weighted by molar-refractivity contribution is 9.10. The summed E-state index contributed by atoms with van der Waals surface area (Å²) < 4.78 is 6.25. The van der Waals surface area contributed by atoms with Crippen LogP contribution in [0.1, 0.15) is 16.7 Å². The number of ether oxygens (including phenoxy) is 1. The van der Waals surface area contributed by atoms with Gasteiger partial charge in [0.1, 0.15) is 11.8 Å². The van der Waals surface area contributed by atoms with E-state index in [1.165, 1.54) is 5.56 Å². The molecule has 0 bridgehead atoms. The predicted octanol–water partition coefficient (Wildman–Crippen LogP) is 3.96. The molecule has 108 valence electrons. The topological polar surface area (TPSA) is 36.3 Å². The maximum Gasteiger partial charge on any atom is 0.136 e. The van der Waals surface area contributed by atoms with Gasteiger partial charge in [0.15, 0.2) is 0 Å². The highest BCUT2D eigenvalue weighted by Gasteiger charge is 2.06. The molecule has 3 nitrogen and oxygen atoms in total. The van der Waals surface area contributed by atoms with Crippen molar-refractivity contribution in [2.24, 2.45) is 0 Å². The molecule has 0 amide bonds. The van der Waals surface area contributed by atoms with Gasteiger partial charge >= 0.3 is 0 Å². The van der Waals surface area contributed by atoms with Crippen molar-refractivity contribution in [2.75, 3.05) is 14.2 Å². The molecule has 0 aliphatic carbocycles. The van der Waals surface area contributed by atoms with Gasteiger partial charge < -0.3 is 4.74 Å². The van der Waals surface area contributed by atoms with E-state index >= 15 is 0 Å². The van der Waals surface area contributed by atoms with E-state index < -0.39 is 0 Å². The van der Waals surface area contributed by atoms with Crippen LogP contribution in [-0.4, -0.2) is 19.1 Å². The molecule has 0 saturated heterocycles.